The number of likely N-dealkylation sites (N-methyl/N-ethyl adjacent to an activating group) is 1. The Kier molecular flexibility index (Phi) is 3.82. The molecule has 16 heavy (non-hydrogen) atoms. The highest BCUT2D eigenvalue weighted by Crippen LogP contribution is 2.33. The van der Waals surface area contributed by atoms with E-state index in [1.54, 1.807) is 0 Å². The number of hydrogen-bond donors (Lipinski definition) is 2. The van der Waals surface area contributed by atoms with Crippen LogP contribution in [0.25, 0.3) is 0 Å². The van der Waals surface area contributed by atoms with Gasteiger partial charge >= 0.3 is 0 Å². The van der Waals surface area contributed by atoms with Gasteiger partial charge in [0.25, 0.3) is 0 Å². The average molecular weight is 226 g/mol. The lowest BCUT2D eigenvalue weighted by molar-refractivity contribution is -0.125. The zero-order valence-corrected chi connectivity index (χ0v) is 10.2. The van der Waals surface area contributed by atoms with Crippen LogP contribution in [0.3, 0.4) is 0 Å². The number of ether oxygens (including phenoxy) is 1. The molecule has 1 amide bonds. The number of carbonyl (C=O) groups is 1. The van der Waals surface area contributed by atoms with Gasteiger partial charge in [-0.15, -0.1) is 0 Å². The monoisotopic (exact) mass is 226 g/mol. The summed E-state index contributed by atoms with van der Waals surface area (Å²) >= 11 is 0. The van der Waals surface area contributed by atoms with Gasteiger partial charge in [-0.25, -0.2) is 0 Å². The zero-order chi connectivity index (χ0) is 11.5. The SMILES string of the molecule is CCNC1COCC1C(=O)NC1CC1CC. The van der Waals surface area contributed by atoms with Gasteiger partial charge in [0.2, 0.25) is 5.91 Å². The Bertz CT molecular complexity index is 257. The zero-order valence-electron chi connectivity index (χ0n) is 10.2. The van der Waals surface area contributed by atoms with Crippen molar-refractivity contribution in [2.75, 3.05) is 19.8 Å². The van der Waals surface area contributed by atoms with Crippen LogP contribution in [0, 0.1) is 11.8 Å². The summed E-state index contributed by atoms with van der Waals surface area (Å²) in [4.78, 5) is 12.0. The van der Waals surface area contributed by atoms with Gasteiger partial charge in [-0.1, -0.05) is 20.3 Å². The highest BCUT2D eigenvalue weighted by atomic mass is 16.5. The van der Waals surface area contributed by atoms with Crippen molar-refractivity contribution < 1.29 is 9.53 Å². The van der Waals surface area contributed by atoms with E-state index in [0.717, 1.165) is 13.0 Å². The Morgan fingerprint density at radius 1 is 1.31 bits per heavy atom. The Morgan fingerprint density at radius 3 is 2.75 bits per heavy atom. The third-order valence-corrected chi connectivity index (χ3v) is 3.66. The summed E-state index contributed by atoms with van der Waals surface area (Å²) in [7, 11) is 0. The molecule has 0 bridgehead atoms. The first-order chi connectivity index (χ1) is 7.76. The van der Waals surface area contributed by atoms with Crippen LogP contribution in [0.1, 0.15) is 26.7 Å². The summed E-state index contributed by atoms with van der Waals surface area (Å²) in [5, 5.41) is 6.43. The molecule has 2 rings (SSSR count). The number of carbonyl (C=O) groups excluding carboxylic acids is 1. The fourth-order valence-corrected chi connectivity index (χ4v) is 2.44. The summed E-state index contributed by atoms with van der Waals surface area (Å²) in [5.41, 5.74) is 0. The topological polar surface area (TPSA) is 50.4 Å². The molecule has 92 valence electrons. The van der Waals surface area contributed by atoms with E-state index in [4.69, 9.17) is 4.74 Å². The van der Waals surface area contributed by atoms with Crippen LogP contribution in [-0.2, 0) is 9.53 Å². The minimum absolute atomic E-state index is 0.00180. The summed E-state index contributed by atoms with van der Waals surface area (Å²) in [6.45, 7) is 6.35. The predicted molar refractivity (Wildman–Crippen MR) is 62.1 cm³/mol. The lowest BCUT2D eigenvalue weighted by Crippen LogP contribution is -2.44. The molecule has 0 aromatic rings. The molecular formula is C12H22N2O2. The van der Waals surface area contributed by atoms with Gasteiger partial charge in [0.1, 0.15) is 0 Å². The molecule has 0 aromatic heterocycles. The highest BCUT2D eigenvalue weighted by Gasteiger charge is 2.40. The average Bonchev–Trinajstić information content (AvgIpc) is 2.85. The Hall–Kier alpha value is -0.610. The van der Waals surface area contributed by atoms with Crippen molar-refractivity contribution in [3.05, 3.63) is 0 Å². The first kappa shape index (κ1) is 11.9. The summed E-state index contributed by atoms with van der Waals surface area (Å²) in [6.07, 6.45) is 2.32. The summed E-state index contributed by atoms with van der Waals surface area (Å²) < 4.78 is 5.38. The first-order valence-corrected chi connectivity index (χ1v) is 6.37. The summed E-state index contributed by atoms with van der Waals surface area (Å²) in [5.74, 6) is 0.881. The molecular weight excluding hydrogens is 204 g/mol. The summed E-state index contributed by atoms with van der Waals surface area (Å²) in [6, 6.07) is 0.629. The lowest BCUT2D eigenvalue weighted by atomic mass is 10.0. The third-order valence-electron chi connectivity index (χ3n) is 3.66. The molecule has 2 aliphatic rings. The molecule has 1 aliphatic heterocycles. The number of hydrogen-bond acceptors (Lipinski definition) is 3. The van der Waals surface area contributed by atoms with Gasteiger partial charge in [-0.05, 0) is 18.9 Å². The molecule has 1 aliphatic carbocycles. The van der Waals surface area contributed by atoms with Crippen LogP contribution >= 0.6 is 0 Å². The van der Waals surface area contributed by atoms with E-state index >= 15 is 0 Å². The van der Waals surface area contributed by atoms with Crippen LogP contribution in [0.5, 0.6) is 0 Å². The molecule has 2 fully saturated rings. The second-order valence-electron chi connectivity index (χ2n) is 4.83. The van der Waals surface area contributed by atoms with Crippen molar-refractivity contribution in [2.45, 2.75) is 38.8 Å². The van der Waals surface area contributed by atoms with E-state index in [2.05, 4.69) is 24.5 Å². The lowest BCUT2D eigenvalue weighted by Gasteiger charge is -2.17. The molecule has 0 aromatic carbocycles. The maximum absolute atomic E-state index is 12.0. The van der Waals surface area contributed by atoms with Gasteiger partial charge in [0, 0.05) is 12.1 Å². The molecule has 4 nitrogen and oxygen atoms in total. The smallest absolute Gasteiger partial charge is 0.227 e. The highest BCUT2D eigenvalue weighted by molar-refractivity contribution is 5.80. The Labute approximate surface area is 97.1 Å². The quantitative estimate of drug-likeness (QED) is 0.719. The van der Waals surface area contributed by atoms with E-state index in [9.17, 15) is 4.79 Å². The van der Waals surface area contributed by atoms with E-state index < -0.39 is 0 Å². The minimum atomic E-state index is -0.00180. The van der Waals surface area contributed by atoms with Gasteiger partial charge in [0.05, 0.1) is 19.1 Å². The molecule has 0 radical (unpaired) electrons. The maximum Gasteiger partial charge on any atom is 0.227 e. The molecule has 0 spiro atoms. The Morgan fingerprint density at radius 2 is 2.12 bits per heavy atom. The fraction of sp³-hybridized carbons (Fsp3) is 0.917. The second kappa shape index (κ2) is 5.15. The van der Waals surface area contributed by atoms with Gasteiger partial charge in [0.15, 0.2) is 0 Å². The fourth-order valence-electron chi connectivity index (χ4n) is 2.44. The molecule has 2 N–H and O–H groups in total. The molecule has 1 saturated carbocycles. The van der Waals surface area contributed by atoms with Crippen LogP contribution < -0.4 is 10.6 Å². The van der Waals surface area contributed by atoms with Crippen LogP contribution in [0.15, 0.2) is 0 Å². The first-order valence-electron chi connectivity index (χ1n) is 6.37. The minimum Gasteiger partial charge on any atom is -0.379 e. The molecule has 4 atom stereocenters. The predicted octanol–water partition coefficient (Wildman–Crippen LogP) is 0.526. The molecule has 4 unspecified atom stereocenters. The number of amides is 1. The van der Waals surface area contributed by atoms with E-state index in [1.165, 1.54) is 6.42 Å². The Balaban J connectivity index is 1.79. The van der Waals surface area contributed by atoms with Gasteiger partial charge in [-0.3, -0.25) is 4.79 Å². The normalized spacial score (nSPS) is 37.4. The van der Waals surface area contributed by atoms with Crippen molar-refractivity contribution in [1.29, 1.82) is 0 Å². The third kappa shape index (κ3) is 2.55. The van der Waals surface area contributed by atoms with Crippen LogP contribution in [-0.4, -0.2) is 37.7 Å². The van der Waals surface area contributed by atoms with Crippen molar-refractivity contribution in [2.24, 2.45) is 11.8 Å². The number of rotatable bonds is 5. The van der Waals surface area contributed by atoms with Crippen LogP contribution in [0.2, 0.25) is 0 Å². The van der Waals surface area contributed by atoms with Gasteiger partial charge < -0.3 is 15.4 Å². The van der Waals surface area contributed by atoms with Crippen molar-refractivity contribution in [3.8, 4) is 0 Å². The molecule has 4 heteroatoms. The second-order valence-corrected chi connectivity index (χ2v) is 4.83. The maximum atomic E-state index is 12.0. The van der Waals surface area contributed by atoms with Crippen LogP contribution in [0.4, 0.5) is 0 Å². The van der Waals surface area contributed by atoms with E-state index in [0.29, 0.717) is 25.2 Å². The number of nitrogens with one attached hydrogen (secondary N) is 2. The standard InChI is InChI=1S/C12H22N2O2/c1-3-8-5-10(8)14-12(15)9-6-16-7-11(9)13-4-2/h8-11,13H,3-7H2,1-2H3,(H,14,15). The largest absolute Gasteiger partial charge is 0.379 e. The van der Waals surface area contributed by atoms with E-state index in [1.807, 2.05) is 0 Å². The van der Waals surface area contributed by atoms with E-state index in [-0.39, 0.29) is 17.9 Å². The van der Waals surface area contributed by atoms with Crippen molar-refractivity contribution in [3.63, 3.8) is 0 Å². The molecule has 1 heterocycles. The van der Waals surface area contributed by atoms with Crippen molar-refractivity contribution >= 4 is 5.91 Å². The van der Waals surface area contributed by atoms with Crippen molar-refractivity contribution in [1.82, 2.24) is 10.6 Å². The molecule has 1 saturated heterocycles. The van der Waals surface area contributed by atoms with Gasteiger partial charge in [-0.2, -0.15) is 0 Å².